The summed E-state index contributed by atoms with van der Waals surface area (Å²) in [6, 6.07) is 4.20. The SMILES string of the molecule is CC1(C(=O)Cc2ccc(F)cc2Cl)CCCS1. The van der Waals surface area contributed by atoms with Crippen molar-refractivity contribution in [2.24, 2.45) is 0 Å². The van der Waals surface area contributed by atoms with Crippen molar-refractivity contribution in [3.63, 3.8) is 0 Å². The lowest BCUT2D eigenvalue weighted by molar-refractivity contribution is -0.120. The molecule has 4 heteroatoms. The molecule has 1 aliphatic heterocycles. The highest BCUT2D eigenvalue weighted by molar-refractivity contribution is 8.01. The highest BCUT2D eigenvalue weighted by atomic mass is 35.5. The minimum absolute atomic E-state index is 0.188. The fourth-order valence-electron chi connectivity index (χ4n) is 2.02. The van der Waals surface area contributed by atoms with Gasteiger partial charge in [0.1, 0.15) is 5.82 Å². The molecular weight excluding hydrogens is 259 g/mol. The van der Waals surface area contributed by atoms with Gasteiger partial charge in [0.2, 0.25) is 0 Å². The summed E-state index contributed by atoms with van der Waals surface area (Å²) in [7, 11) is 0. The van der Waals surface area contributed by atoms with Crippen LogP contribution in [0.1, 0.15) is 25.3 Å². The molecule has 0 amide bonds. The van der Waals surface area contributed by atoms with E-state index >= 15 is 0 Å². The third kappa shape index (κ3) is 2.83. The van der Waals surface area contributed by atoms with Crippen LogP contribution in [0.5, 0.6) is 0 Å². The largest absolute Gasteiger partial charge is 0.298 e. The lowest BCUT2D eigenvalue weighted by Crippen LogP contribution is -2.30. The molecule has 0 aromatic heterocycles. The fourth-order valence-corrected chi connectivity index (χ4v) is 3.52. The number of carbonyl (C=O) groups excluding carboxylic acids is 1. The van der Waals surface area contributed by atoms with E-state index < -0.39 is 0 Å². The van der Waals surface area contributed by atoms with E-state index in [1.807, 2.05) is 6.92 Å². The molecule has 17 heavy (non-hydrogen) atoms. The smallest absolute Gasteiger partial charge is 0.153 e. The summed E-state index contributed by atoms with van der Waals surface area (Å²) in [5.41, 5.74) is 0.715. The summed E-state index contributed by atoms with van der Waals surface area (Å²) < 4.78 is 12.6. The Kier molecular flexibility index (Phi) is 3.79. The Morgan fingerprint density at radius 2 is 2.35 bits per heavy atom. The van der Waals surface area contributed by atoms with E-state index in [9.17, 15) is 9.18 Å². The van der Waals surface area contributed by atoms with E-state index in [0.717, 1.165) is 18.6 Å². The van der Waals surface area contributed by atoms with Gasteiger partial charge in [0, 0.05) is 11.4 Å². The van der Waals surface area contributed by atoms with Crippen molar-refractivity contribution < 1.29 is 9.18 Å². The molecule has 1 heterocycles. The Labute approximate surface area is 110 Å². The van der Waals surface area contributed by atoms with Crippen LogP contribution >= 0.6 is 23.4 Å². The lowest BCUT2D eigenvalue weighted by atomic mass is 9.95. The van der Waals surface area contributed by atoms with Gasteiger partial charge in [-0.05, 0) is 43.2 Å². The first-order valence-corrected chi connectivity index (χ1v) is 6.99. The molecule has 92 valence electrons. The topological polar surface area (TPSA) is 17.1 Å². The summed E-state index contributed by atoms with van der Waals surface area (Å²) in [5, 5.41) is 0.338. The minimum atomic E-state index is -0.368. The van der Waals surface area contributed by atoms with Gasteiger partial charge < -0.3 is 0 Å². The zero-order valence-corrected chi connectivity index (χ0v) is 11.2. The van der Waals surface area contributed by atoms with Crippen molar-refractivity contribution in [3.05, 3.63) is 34.6 Å². The average Bonchev–Trinajstić information content (AvgIpc) is 2.71. The molecule has 0 bridgehead atoms. The number of ketones is 1. The van der Waals surface area contributed by atoms with Crippen LogP contribution < -0.4 is 0 Å². The summed E-state index contributed by atoms with van der Waals surface area (Å²) in [4.78, 5) is 12.2. The maximum atomic E-state index is 12.9. The van der Waals surface area contributed by atoms with Crippen LogP contribution in [0.15, 0.2) is 18.2 Å². The molecule has 1 saturated heterocycles. The van der Waals surface area contributed by atoms with Crippen LogP contribution in [0.3, 0.4) is 0 Å². The van der Waals surface area contributed by atoms with Crippen LogP contribution in [0.25, 0.3) is 0 Å². The Bertz CT molecular complexity index is 441. The molecule has 1 nitrogen and oxygen atoms in total. The van der Waals surface area contributed by atoms with Crippen molar-refractivity contribution in [2.45, 2.75) is 30.9 Å². The first kappa shape index (κ1) is 12.9. The van der Waals surface area contributed by atoms with Crippen molar-refractivity contribution >= 4 is 29.1 Å². The number of rotatable bonds is 3. The van der Waals surface area contributed by atoms with Crippen LogP contribution in [0.4, 0.5) is 4.39 Å². The molecule has 0 aliphatic carbocycles. The van der Waals surface area contributed by atoms with Gasteiger partial charge in [0.25, 0.3) is 0 Å². The second kappa shape index (κ2) is 4.99. The number of hydrogen-bond acceptors (Lipinski definition) is 2. The first-order valence-electron chi connectivity index (χ1n) is 5.62. The van der Waals surface area contributed by atoms with Gasteiger partial charge >= 0.3 is 0 Å². The van der Waals surface area contributed by atoms with Gasteiger partial charge in [0.05, 0.1) is 4.75 Å². The molecule has 1 aromatic carbocycles. The maximum Gasteiger partial charge on any atom is 0.153 e. The number of Topliss-reactive ketones (excluding diaryl/α,β-unsaturated/α-hetero) is 1. The Balaban J connectivity index is 2.13. The van der Waals surface area contributed by atoms with Gasteiger partial charge in [-0.25, -0.2) is 4.39 Å². The van der Waals surface area contributed by atoms with Gasteiger partial charge in [-0.3, -0.25) is 4.79 Å². The third-order valence-electron chi connectivity index (χ3n) is 3.17. The fraction of sp³-hybridized carbons (Fsp3) is 0.462. The zero-order valence-electron chi connectivity index (χ0n) is 9.63. The highest BCUT2D eigenvalue weighted by Crippen LogP contribution is 2.39. The van der Waals surface area contributed by atoms with E-state index in [0.29, 0.717) is 17.0 Å². The van der Waals surface area contributed by atoms with Crippen molar-refractivity contribution in [2.75, 3.05) is 5.75 Å². The quantitative estimate of drug-likeness (QED) is 0.831. The Morgan fingerprint density at radius 3 is 2.94 bits per heavy atom. The molecule has 1 unspecified atom stereocenters. The molecule has 2 rings (SSSR count). The molecule has 0 saturated carbocycles. The van der Waals surface area contributed by atoms with E-state index in [4.69, 9.17) is 11.6 Å². The Morgan fingerprint density at radius 1 is 1.59 bits per heavy atom. The second-order valence-corrected chi connectivity index (χ2v) is 6.52. The van der Waals surface area contributed by atoms with Crippen molar-refractivity contribution in [3.8, 4) is 0 Å². The van der Waals surface area contributed by atoms with Crippen LogP contribution in [-0.2, 0) is 11.2 Å². The minimum Gasteiger partial charge on any atom is -0.298 e. The molecule has 0 spiro atoms. The van der Waals surface area contributed by atoms with Crippen LogP contribution in [-0.4, -0.2) is 16.3 Å². The van der Waals surface area contributed by atoms with Crippen LogP contribution in [0, 0.1) is 5.82 Å². The number of hydrogen-bond donors (Lipinski definition) is 0. The van der Waals surface area contributed by atoms with E-state index in [2.05, 4.69) is 0 Å². The highest BCUT2D eigenvalue weighted by Gasteiger charge is 2.36. The molecule has 1 fully saturated rings. The second-order valence-electron chi connectivity index (χ2n) is 4.52. The first-order chi connectivity index (χ1) is 8.01. The standard InChI is InChI=1S/C13H14ClFOS/c1-13(5-2-6-17-13)12(16)7-9-3-4-10(15)8-11(9)14/h3-4,8H,2,5-7H2,1H3. The lowest BCUT2D eigenvalue weighted by Gasteiger charge is -2.21. The van der Waals surface area contributed by atoms with Gasteiger partial charge in [-0.15, -0.1) is 11.8 Å². The van der Waals surface area contributed by atoms with Gasteiger partial charge in [0.15, 0.2) is 5.78 Å². The van der Waals surface area contributed by atoms with Crippen molar-refractivity contribution in [1.29, 1.82) is 0 Å². The Hall–Kier alpha value is -0.540. The summed E-state index contributed by atoms with van der Waals surface area (Å²) in [6.45, 7) is 1.99. The average molecular weight is 273 g/mol. The van der Waals surface area contributed by atoms with E-state index in [-0.39, 0.29) is 16.3 Å². The predicted octanol–water partition coefficient (Wildman–Crippen LogP) is 3.88. The normalized spacial score (nSPS) is 23.9. The van der Waals surface area contributed by atoms with E-state index in [1.165, 1.54) is 12.1 Å². The summed E-state index contributed by atoms with van der Waals surface area (Å²) in [5.74, 6) is 0.862. The van der Waals surface area contributed by atoms with Gasteiger partial charge in [-0.2, -0.15) is 0 Å². The van der Waals surface area contributed by atoms with E-state index in [1.54, 1.807) is 17.8 Å². The summed E-state index contributed by atoms with van der Waals surface area (Å²) in [6.07, 6.45) is 2.31. The van der Waals surface area contributed by atoms with Crippen LogP contribution in [0.2, 0.25) is 5.02 Å². The molecule has 0 radical (unpaired) electrons. The number of benzene rings is 1. The zero-order chi connectivity index (χ0) is 12.5. The molecule has 1 aromatic rings. The molecule has 0 N–H and O–H groups in total. The number of carbonyl (C=O) groups is 1. The predicted molar refractivity (Wildman–Crippen MR) is 70.2 cm³/mol. The third-order valence-corrected chi connectivity index (χ3v) is 5.09. The molecular formula is C13H14ClFOS. The maximum absolute atomic E-state index is 12.9. The number of thioether (sulfide) groups is 1. The molecule has 1 aliphatic rings. The monoisotopic (exact) mass is 272 g/mol. The number of halogens is 2. The van der Waals surface area contributed by atoms with Crippen molar-refractivity contribution in [1.82, 2.24) is 0 Å². The van der Waals surface area contributed by atoms with Gasteiger partial charge in [-0.1, -0.05) is 17.7 Å². The molecule has 1 atom stereocenters. The summed E-state index contributed by atoms with van der Waals surface area (Å²) >= 11 is 7.64.